The van der Waals surface area contributed by atoms with Gasteiger partial charge in [-0.05, 0) is 64.2 Å². The highest BCUT2D eigenvalue weighted by Gasteiger charge is 2.39. The molecule has 0 aliphatic heterocycles. The number of unbranched alkanes of at least 4 members (excludes halogenated alkanes) is 8. The van der Waals surface area contributed by atoms with Crippen molar-refractivity contribution in [3.05, 3.63) is 72.9 Å². The fourth-order valence-corrected chi connectivity index (χ4v) is 7.42. The van der Waals surface area contributed by atoms with E-state index < -0.39 is 70.6 Å². The minimum absolute atomic E-state index is 0.00892. The summed E-state index contributed by atoms with van der Waals surface area (Å²) in [6, 6.07) is 0. The van der Waals surface area contributed by atoms with Crippen LogP contribution in [0.25, 0.3) is 0 Å². The van der Waals surface area contributed by atoms with Crippen molar-refractivity contribution < 1.29 is 62.8 Å². The van der Waals surface area contributed by atoms with Gasteiger partial charge >= 0.3 is 19.8 Å². The summed E-state index contributed by atoms with van der Waals surface area (Å²) in [4.78, 5) is 47.8. The predicted molar refractivity (Wildman–Crippen MR) is 243 cm³/mol. The lowest BCUT2D eigenvalue weighted by atomic mass is 9.88. The summed E-state index contributed by atoms with van der Waals surface area (Å²) in [5, 5.41) is 39.1. The van der Waals surface area contributed by atoms with Crippen LogP contribution < -0.4 is 0 Å². The van der Waals surface area contributed by atoms with Gasteiger partial charge in [0.25, 0.3) is 0 Å². The smallest absolute Gasteiger partial charge is 0.462 e. The molecule has 0 bridgehead atoms. The Hall–Kier alpha value is -3.00. The van der Waals surface area contributed by atoms with E-state index in [1.807, 2.05) is 18.2 Å². The minimum Gasteiger partial charge on any atom is -0.462 e. The molecule has 0 heterocycles. The van der Waals surface area contributed by atoms with E-state index in [2.05, 4.69) is 60.9 Å². The summed E-state index contributed by atoms with van der Waals surface area (Å²) < 4.78 is 32.6. The number of hydrogen-bond donors (Lipinski definition) is 5. The third kappa shape index (κ3) is 30.9. The zero-order valence-corrected chi connectivity index (χ0v) is 38.4. The maximum absolute atomic E-state index is 12.6. The number of ether oxygens (including phenoxy) is 2. The highest BCUT2D eigenvalue weighted by Crippen LogP contribution is 2.43. The number of Topliss-reactive ketones (excluding diaryl/α,β-unsaturated/α-hetero) is 1. The Morgan fingerprint density at radius 2 is 1.31 bits per heavy atom. The van der Waals surface area contributed by atoms with Crippen LogP contribution in [0, 0.1) is 11.8 Å². The third-order valence-electron chi connectivity index (χ3n) is 10.2. The maximum Gasteiger partial charge on any atom is 0.472 e. The lowest BCUT2D eigenvalue weighted by Gasteiger charge is -2.20. The average molecular weight is 895 g/mol. The van der Waals surface area contributed by atoms with Crippen LogP contribution in [0.15, 0.2) is 72.9 Å². The summed E-state index contributed by atoms with van der Waals surface area (Å²) in [5.74, 6) is -1.79. The van der Waals surface area contributed by atoms with Crippen LogP contribution in [-0.2, 0) is 37.5 Å². The van der Waals surface area contributed by atoms with Crippen molar-refractivity contribution >= 4 is 25.5 Å². The van der Waals surface area contributed by atoms with Crippen LogP contribution in [0.1, 0.15) is 149 Å². The van der Waals surface area contributed by atoms with E-state index >= 15 is 0 Å². The molecular formula is C48H79O13P. The molecule has 5 N–H and O–H groups in total. The van der Waals surface area contributed by atoms with Crippen molar-refractivity contribution in [1.82, 2.24) is 0 Å². The molecule has 1 unspecified atom stereocenters. The fourth-order valence-electron chi connectivity index (χ4n) is 6.64. The molecule has 0 aromatic heterocycles. The van der Waals surface area contributed by atoms with Crippen molar-refractivity contribution in [3.63, 3.8) is 0 Å². The molecule has 0 amide bonds. The van der Waals surface area contributed by atoms with Gasteiger partial charge in [0.15, 0.2) is 6.10 Å². The number of esters is 2. The Morgan fingerprint density at radius 3 is 1.94 bits per heavy atom. The normalized spacial score (nSPS) is 19.8. The Balaban J connectivity index is 2.48. The van der Waals surface area contributed by atoms with Gasteiger partial charge in [-0.15, -0.1) is 0 Å². The van der Waals surface area contributed by atoms with Gasteiger partial charge in [-0.25, -0.2) is 4.57 Å². The SMILES string of the molecule is CCCCC/C=C\C/C=C\C/C=C\C/C=C\C/C=C\CCC(=O)O[C@H](COC(=O)CCCCCC[C@H]1C(=O)C[C@@H](O)[C@@H]1/C=C/[C@@H](O)CCCCC)COP(=O)(O)OC[C@@H](O)CO. The number of carbonyl (C=O) groups excluding carboxylic acids is 3. The lowest BCUT2D eigenvalue weighted by Crippen LogP contribution is -2.29. The monoisotopic (exact) mass is 895 g/mol. The number of allylic oxidation sites excluding steroid dienone is 10. The Kier molecular flexibility index (Phi) is 34.4. The largest absolute Gasteiger partial charge is 0.472 e. The summed E-state index contributed by atoms with van der Waals surface area (Å²) in [6.07, 6.45) is 36.4. The number of aliphatic hydroxyl groups is 4. The molecule has 1 aliphatic carbocycles. The van der Waals surface area contributed by atoms with Crippen LogP contribution in [0.2, 0.25) is 0 Å². The van der Waals surface area contributed by atoms with Crippen LogP contribution in [0.4, 0.5) is 0 Å². The molecule has 7 atom stereocenters. The van der Waals surface area contributed by atoms with E-state index in [1.54, 1.807) is 12.2 Å². The Morgan fingerprint density at radius 1 is 0.726 bits per heavy atom. The zero-order valence-electron chi connectivity index (χ0n) is 37.5. The second-order valence-electron chi connectivity index (χ2n) is 15.8. The van der Waals surface area contributed by atoms with E-state index in [0.717, 1.165) is 57.8 Å². The molecule has 14 heteroatoms. The molecule has 62 heavy (non-hydrogen) atoms. The van der Waals surface area contributed by atoms with Crippen LogP contribution in [0.5, 0.6) is 0 Å². The number of phosphoric acid groups is 1. The van der Waals surface area contributed by atoms with Gasteiger partial charge in [0.2, 0.25) is 0 Å². The van der Waals surface area contributed by atoms with Crippen molar-refractivity contribution in [2.24, 2.45) is 11.8 Å². The van der Waals surface area contributed by atoms with E-state index in [0.29, 0.717) is 38.5 Å². The van der Waals surface area contributed by atoms with Gasteiger partial charge in [-0.1, -0.05) is 138 Å². The topological polar surface area (TPSA) is 206 Å². The first kappa shape index (κ1) is 57.0. The molecule has 0 radical (unpaired) electrons. The van der Waals surface area contributed by atoms with Gasteiger partial charge in [-0.2, -0.15) is 0 Å². The van der Waals surface area contributed by atoms with Gasteiger partial charge in [-0.3, -0.25) is 23.4 Å². The highest BCUT2D eigenvalue weighted by atomic mass is 31.2. The van der Waals surface area contributed by atoms with Gasteiger partial charge in [0.05, 0.1) is 32.0 Å². The second kappa shape index (κ2) is 37.4. The van der Waals surface area contributed by atoms with Crippen molar-refractivity contribution in [2.75, 3.05) is 26.4 Å². The molecule has 1 saturated carbocycles. The first-order valence-electron chi connectivity index (χ1n) is 23.0. The highest BCUT2D eigenvalue weighted by molar-refractivity contribution is 7.47. The van der Waals surface area contributed by atoms with E-state index in [-0.39, 0.29) is 36.9 Å². The second-order valence-corrected chi connectivity index (χ2v) is 17.3. The summed E-state index contributed by atoms with van der Waals surface area (Å²) in [7, 11) is -4.70. The first-order chi connectivity index (χ1) is 29.9. The molecule has 0 aromatic carbocycles. The molecule has 13 nitrogen and oxygen atoms in total. The molecule has 0 spiro atoms. The molecule has 0 saturated heterocycles. The molecule has 1 aliphatic rings. The molecule has 1 fully saturated rings. The standard InChI is InChI=1S/C48H79O13P/c1-3-5-7-8-9-10-11-12-13-14-15-16-17-18-19-20-21-22-28-32-48(55)61-42(39-60-62(56,57)59-37-41(51)36-49)38-58-47(54)31-27-24-23-26-30-43-44(46(53)35-45(43)52)34-33-40(50)29-25-6-4-2/h9-10,12-13,15-16,18-19,21-22,33-34,40-44,46,49-51,53H,3-8,11,14,17,20,23-32,35-39H2,1-2H3,(H,56,57)/b10-9-,13-12-,16-15-,19-18-,22-21-,34-33+/t40-,41-,42+,43+,44+,46+/m0/s1. The summed E-state index contributed by atoms with van der Waals surface area (Å²) in [5.41, 5.74) is 0. The lowest BCUT2D eigenvalue weighted by molar-refractivity contribution is -0.161. The van der Waals surface area contributed by atoms with E-state index in [9.17, 15) is 39.2 Å². The summed E-state index contributed by atoms with van der Waals surface area (Å²) >= 11 is 0. The molecular weight excluding hydrogens is 815 g/mol. The zero-order chi connectivity index (χ0) is 45.7. The molecule has 1 rings (SSSR count). The number of carbonyl (C=O) groups is 3. The number of phosphoric ester groups is 1. The van der Waals surface area contributed by atoms with Crippen LogP contribution in [-0.4, -0.2) is 93.9 Å². The quantitative estimate of drug-likeness (QED) is 0.0170. The first-order valence-corrected chi connectivity index (χ1v) is 24.5. The third-order valence-corrected chi connectivity index (χ3v) is 11.2. The van der Waals surface area contributed by atoms with Crippen molar-refractivity contribution in [2.45, 2.75) is 173 Å². The average Bonchev–Trinajstić information content (AvgIpc) is 3.52. The van der Waals surface area contributed by atoms with Crippen LogP contribution >= 0.6 is 7.82 Å². The molecule has 0 aromatic rings. The Labute approximate surface area is 371 Å². The van der Waals surface area contributed by atoms with Gasteiger partial charge < -0.3 is 34.8 Å². The maximum atomic E-state index is 12.6. The molecule has 354 valence electrons. The number of ketones is 1. The minimum atomic E-state index is -4.70. The summed E-state index contributed by atoms with van der Waals surface area (Å²) in [6.45, 7) is 1.88. The number of rotatable bonds is 38. The Bertz CT molecular complexity index is 1420. The van der Waals surface area contributed by atoms with Crippen molar-refractivity contribution in [3.8, 4) is 0 Å². The predicted octanol–water partition coefficient (Wildman–Crippen LogP) is 9.03. The van der Waals surface area contributed by atoms with Crippen LogP contribution in [0.3, 0.4) is 0 Å². The van der Waals surface area contributed by atoms with Gasteiger partial charge in [0, 0.05) is 31.1 Å². The van der Waals surface area contributed by atoms with Crippen molar-refractivity contribution in [1.29, 1.82) is 0 Å². The van der Waals surface area contributed by atoms with E-state index in [4.69, 9.17) is 19.1 Å². The fraction of sp³-hybridized carbons (Fsp3) is 0.688. The number of aliphatic hydroxyl groups excluding tert-OH is 4. The van der Waals surface area contributed by atoms with E-state index in [1.165, 1.54) is 19.3 Å². The number of hydrogen-bond acceptors (Lipinski definition) is 12. The van der Waals surface area contributed by atoms with Gasteiger partial charge in [0.1, 0.15) is 18.5 Å².